The van der Waals surface area contributed by atoms with Crippen LogP contribution in [0.25, 0.3) is 0 Å². The normalized spacial score (nSPS) is 10.9. The number of hydrogen-bond donors (Lipinski definition) is 1. The van der Waals surface area contributed by atoms with Crippen molar-refractivity contribution in [1.82, 2.24) is 0 Å². The Morgan fingerprint density at radius 1 is 1.29 bits per heavy atom. The zero-order chi connectivity index (χ0) is 10.1. The van der Waals surface area contributed by atoms with Gasteiger partial charge in [-0.25, -0.2) is 0 Å². The summed E-state index contributed by atoms with van der Waals surface area (Å²) in [6, 6.07) is 4.04. The van der Waals surface area contributed by atoms with Gasteiger partial charge in [0.15, 0.2) is 0 Å². The second-order valence-corrected chi connectivity index (χ2v) is 2.79. The van der Waals surface area contributed by atoms with Crippen LogP contribution in [-0.2, 0) is 12.7 Å². The van der Waals surface area contributed by atoms with Crippen molar-refractivity contribution in [1.29, 1.82) is 0 Å². The summed E-state index contributed by atoms with van der Waals surface area (Å²) in [5.41, 5.74) is 5.45. The molecule has 5 heteroatoms. The van der Waals surface area contributed by atoms with E-state index in [1.807, 2.05) is 0 Å². The average molecular weight is 226 g/mol. The molecular formula is C9H11ClF3N. The molecule has 0 aromatic heterocycles. The van der Waals surface area contributed by atoms with Gasteiger partial charge < -0.3 is 5.73 Å². The highest BCUT2D eigenvalue weighted by Crippen LogP contribution is 2.32. The number of rotatable bonds is 1. The fourth-order valence-electron chi connectivity index (χ4n) is 1.21. The van der Waals surface area contributed by atoms with Gasteiger partial charge in [-0.05, 0) is 24.1 Å². The highest BCUT2D eigenvalue weighted by Gasteiger charge is 2.32. The Balaban J connectivity index is 0.00000169. The van der Waals surface area contributed by atoms with Crippen LogP contribution in [0.5, 0.6) is 0 Å². The van der Waals surface area contributed by atoms with E-state index in [9.17, 15) is 13.2 Å². The zero-order valence-corrected chi connectivity index (χ0v) is 8.38. The average Bonchev–Trinajstić information content (AvgIpc) is 2.02. The van der Waals surface area contributed by atoms with E-state index >= 15 is 0 Å². The van der Waals surface area contributed by atoms with Crippen molar-refractivity contribution >= 4 is 12.4 Å². The Hall–Kier alpha value is -0.740. The van der Waals surface area contributed by atoms with E-state index in [0.29, 0.717) is 5.56 Å². The van der Waals surface area contributed by atoms with Gasteiger partial charge in [0.2, 0.25) is 0 Å². The molecule has 2 N–H and O–H groups in total. The van der Waals surface area contributed by atoms with Gasteiger partial charge in [0, 0.05) is 6.54 Å². The van der Waals surface area contributed by atoms with Crippen LogP contribution >= 0.6 is 12.4 Å². The lowest BCUT2D eigenvalue weighted by atomic mass is 10.0. The lowest BCUT2D eigenvalue weighted by Gasteiger charge is -2.12. The van der Waals surface area contributed by atoms with E-state index < -0.39 is 11.7 Å². The van der Waals surface area contributed by atoms with Crippen LogP contribution < -0.4 is 5.73 Å². The standard InChI is InChI=1S/C9H10F3N.ClH/c1-6-7(5-13)3-2-4-8(6)9(10,11)12;/h2-4H,5,13H2,1H3;1H. The SMILES string of the molecule is Cc1c(CN)cccc1C(F)(F)F.Cl. The lowest BCUT2D eigenvalue weighted by Crippen LogP contribution is -2.10. The Morgan fingerprint density at radius 2 is 1.86 bits per heavy atom. The maximum Gasteiger partial charge on any atom is 0.416 e. The molecule has 0 amide bonds. The van der Waals surface area contributed by atoms with Gasteiger partial charge in [-0.1, -0.05) is 12.1 Å². The summed E-state index contributed by atoms with van der Waals surface area (Å²) >= 11 is 0. The van der Waals surface area contributed by atoms with Crippen molar-refractivity contribution in [3.63, 3.8) is 0 Å². The van der Waals surface area contributed by atoms with Gasteiger partial charge in [-0.15, -0.1) is 12.4 Å². The first kappa shape index (κ1) is 13.3. The zero-order valence-electron chi connectivity index (χ0n) is 7.56. The van der Waals surface area contributed by atoms with Crippen LogP contribution in [0.1, 0.15) is 16.7 Å². The molecule has 1 rings (SSSR count). The summed E-state index contributed by atoms with van der Waals surface area (Å²) in [6.45, 7) is 1.57. The molecule has 14 heavy (non-hydrogen) atoms. The minimum atomic E-state index is -4.28. The third kappa shape index (κ3) is 2.62. The van der Waals surface area contributed by atoms with E-state index in [4.69, 9.17) is 5.73 Å². The molecule has 0 atom stereocenters. The quantitative estimate of drug-likeness (QED) is 0.782. The molecule has 0 aliphatic heterocycles. The van der Waals surface area contributed by atoms with Crippen LogP contribution in [0.2, 0.25) is 0 Å². The molecule has 1 aromatic rings. The highest BCUT2D eigenvalue weighted by atomic mass is 35.5. The van der Waals surface area contributed by atoms with E-state index in [-0.39, 0.29) is 24.5 Å². The van der Waals surface area contributed by atoms with E-state index in [2.05, 4.69) is 0 Å². The first-order chi connectivity index (χ1) is 5.96. The molecule has 1 nitrogen and oxygen atoms in total. The first-order valence-corrected chi connectivity index (χ1v) is 3.82. The molecule has 0 aliphatic carbocycles. The molecule has 0 bridgehead atoms. The molecule has 0 unspecified atom stereocenters. The van der Waals surface area contributed by atoms with E-state index in [0.717, 1.165) is 6.07 Å². The van der Waals surface area contributed by atoms with Crippen LogP contribution in [0.4, 0.5) is 13.2 Å². The Bertz CT molecular complexity index is 309. The smallest absolute Gasteiger partial charge is 0.326 e. The number of hydrogen-bond acceptors (Lipinski definition) is 1. The van der Waals surface area contributed by atoms with Gasteiger partial charge in [0.25, 0.3) is 0 Å². The Morgan fingerprint density at radius 3 is 2.29 bits per heavy atom. The van der Waals surface area contributed by atoms with Crippen LogP contribution in [0.3, 0.4) is 0 Å². The number of nitrogens with two attached hydrogens (primary N) is 1. The lowest BCUT2D eigenvalue weighted by molar-refractivity contribution is -0.138. The van der Waals surface area contributed by atoms with Crippen molar-refractivity contribution in [3.8, 4) is 0 Å². The van der Waals surface area contributed by atoms with Gasteiger partial charge in [-0.3, -0.25) is 0 Å². The molecule has 0 fully saturated rings. The summed E-state index contributed by atoms with van der Waals surface area (Å²) in [5.74, 6) is 0. The molecule has 0 radical (unpaired) electrons. The largest absolute Gasteiger partial charge is 0.416 e. The van der Waals surface area contributed by atoms with Gasteiger partial charge in [-0.2, -0.15) is 13.2 Å². The highest BCUT2D eigenvalue weighted by molar-refractivity contribution is 5.85. The van der Waals surface area contributed by atoms with E-state index in [1.165, 1.54) is 13.0 Å². The summed E-state index contributed by atoms with van der Waals surface area (Å²) < 4.78 is 37.0. The van der Waals surface area contributed by atoms with Crippen molar-refractivity contribution in [2.45, 2.75) is 19.6 Å². The van der Waals surface area contributed by atoms with Crippen LogP contribution in [-0.4, -0.2) is 0 Å². The molecular weight excluding hydrogens is 215 g/mol. The third-order valence-electron chi connectivity index (χ3n) is 1.97. The third-order valence-corrected chi connectivity index (χ3v) is 1.97. The molecule has 0 saturated carbocycles. The summed E-state index contributed by atoms with van der Waals surface area (Å²) in [5, 5.41) is 0. The molecule has 0 spiro atoms. The minimum Gasteiger partial charge on any atom is -0.326 e. The summed E-state index contributed by atoms with van der Waals surface area (Å²) in [4.78, 5) is 0. The molecule has 0 heterocycles. The molecule has 1 aromatic carbocycles. The predicted molar refractivity (Wildman–Crippen MR) is 51.3 cm³/mol. The molecule has 0 aliphatic rings. The topological polar surface area (TPSA) is 26.0 Å². The second kappa shape index (κ2) is 4.66. The van der Waals surface area contributed by atoms with Gasteiger partial charge in [0.05, 0.1) is 5.56 Å². The van der Waals surface area contributed by atoms with Gasteiger partial charge >= 0.3 is 6.18 Å². The molecule has 0 saturated heterocycles. The fourth-order valence-corrected chi connectivity index (χ4v) is 1.21. The minimum absolute atomic E-state index is 0. The predicted octanol–water partition coefficient (Wildman–Crippen LogP) is 2.89. The monoisotopic (exact) mass is 225 g/mol. The van der Waals surface area contributed by atoms with Crippen molar-refractivity contribution in [3.05, 3.63) is 34.9 Å². The number of alkyl halides is 3. The van der Waals surface area contributed by atoms with Crippen molar-refractivity contribution in [2.24, 2.45) is 5.73 Å². The van der Waals surface area contributed by atoms with E-state index in [1.54, 1.807) is 6.07 Å². The maximum absolute atomic E-state index is 12.3. The first-order valence-electron chi connectivity index (χ1n) is 3.82. The maximum atomic E-state index is 12.3. The van der Waals surface area contributed by atoms with Crippen LogP contribution in [0.15, 0.2) is 18.2 Å². The van der Waals surface area contributed by atoms with Gasteiger partial charge in [0.1, 0.15) is 0 Å². The van der Waals surface area contributed by atoms with Crippen molar-refractivity contribution in [2.75, 3.05) is 0 Å². The number of benzene rings is 1. The number of halogens is 4. The fraction of sp³-hybridized carbons (Fsp3) is 0.333. The molecule has 80 valence electrons. The Labute approximate surface area is 86.5 Å². The van der Waals surface area contributed by atoms with Crippen LogP contribution in [0, 0.1) is 6.92 Å². The second-order valence-electron chi connectivity index (χ2n) is 2.79. The Kier molecular flexibility index (Phi) is 4.42. The summed E-state index contributed by atoms with van der Waals surface area (Å²) in [6.07, 6.45) is -4.28. The van der Waals surface area contributed by atoms with Crippen molar-refractivity contribution < 1.29 is 13.2 Å². The summed E-state index contributed by atoms with van der Waals surface area (Å²) in [7, 11) is 0.